The normalized spacial score (nSPS) is 10.8. The highest BCUT2D eigenvalue weighted by Gasteiger charge is 1.91. The second kappa shape index (κ2) is 6.61. The van der Waals surface area contributed by atoms with Crippen LogP contribution in [0.25, 0.3) is 0 Å². The number of hydrogen-bond donors (Lipinski definition) is 1. The van der Waals surface area contributed by atoms with E-state index in [0.717, 1.165) is 19.4 Å². The number of nitriles is 1. The third-order valence-corrected chi connectivity index (χ3v) is 2.05. The molecule has 0 saturated carbocycles. The molecule has 0 aromatic heterocycles. The Labute approximate surface area is 90.5 Å². The molecule has 0 bridgehead atoms. The maximum absolute atomic E-state index is 8.33. The van der Waals surface area contributed by atoms with E-state index in [-0.39, 0.29) is 0 Å². The van der Waals surface area contributed by atoms with Gasteiger partial charge in [0.15, 0.2) is 6.19 Å². The fourth-order valence-electron chi connectivity index (χ4n) is 1.30. The first-order valence-electron chi connectivity index (χ1n) is 5.03. The molecule has 0 aliphatic rings. The van der Waals surface area contributed by atoms with Gasteiger partial charge in [0.2, 0.25) is 0 Å². The summed E-state index contributed by atoms with van der Waals surface area (Å²) in [5.74, 6) is 0.686. The van der Waals surface area contributed by atoms with Gasteiger partial charge in [0, 0.05) is 6.54 Å². The lowest BCUT2D eigenvalue weighted by Crippen LogP contribution is -2.13. The molecule has 1 aromatic carbocycles. The molecule has 15 heavy (non-hydrogen) atoms. The molecule has 0 atom stereocenters. The van der Waals surface area contributed by atoms with E-state index in [1.54, 1.807) is 6.92 Å². The molecule has 0 unspecified atom stereocenters. The minimum absolute atomic E-state index is 0.686. The van der Waals surface area contributed by atoms with Gasteiger partial charge in [0.25, 0.3) is 0 Å². The number of amidine groups is 1. The van der Waals surface area contributed by atoms with E-state index in [9.17, 15) is 0 Å². The highest BCUT2D eigenvalue weighted by Crippen LogP contribution is 2.02. The van der Waals surface area contributed by atoms with Crippen LogP contribution in [-0.2, 0) is 6.42 Å². The molecule has 0 fully saturated rings. The van der Waals surface area contributed by atoms with E-state index >= 15 is 0 Å². The van der Waals surface area contributed by atoms with Crippen molar-refractivity contribution in [1.82, 2.24) is 5.32 Å². The Morgan fingerprint density at radius 2 is 2.13 bits per heavy atom. The smallest absolute Gasteiger partial charge is 0.182 e. The van der Waals surface area contributed by atoms with E-state index in [2.05, 4.69) is 22.4 Å². The molecular weight excluding hydrogens is 186 g/mol. The van der Waals surface area contributed by atoms with Crippen LogP contribution in [0.2, 0.25) is 0 Å². The average Bonchev–Trinajstić information content (AvgIpc) is 2.26. The summed E-state index contributed by atoms with van der Waals surface area (Å²) < 4.78 is 0. The molecule has 0 amide bonds. The SMILES string of the molecule is CC(=NCCCc1ccccc1)NC#N. The third kappa shape index (κ3) is 4.82. The first-order valence-corrected chi connectivity index (χ1v) is 5.03. The topological polar surface area (TPSA) is 48.2 Å². The fraction of sp³-hybridized carbons (Fsp3) is 0.333. The third-order valence-electron chi connectivity index (χ3n) is 2.05. The van der Waals surface area contributed by atoms with E-state index < -0.39 is 0 Å². The number of nitrogens with one attached hydrogen (secondary N) is 1. The predicted molar refractivity (Wildman–Crippen MR) is 61.5 cm³/mol. The molecule has 1 aromatic rings. The van der Waals surface area contributed by atoms with Crippen molar-refractivity contribution in [3.05, 3.63) is 35.9 Å². The molecule has 3 heteroatoms. The van der Waals surface area contributed by atoms with Crippen LogP contribution < -0.4 is 5.32 Å². The van der Waals surface area contributed by atoms with Gasteiger partial charge in [-0.3, -0.25) is 10.3 Å². The molecule has 0 heterocycles. The maximum atomic E-state index is 8.33. The zero-order chi connectivity index (χ0) is 10.9. The Kier molecular flexibility index (Phi) is 4.96. The van der Waals surface area contributed by atoms with E-state index in [1.165, 1.54) is 5.56 Å². The summed E-state index contributed by atoms with van der Waals surface area (Å²) in [5, 5.41) is 10.8. The molecule has 78 valence electrons. The van der Waals surface area contributed by atoms with E-state index in [0.29, 0.717) is 5.84 Å². The Morgan fingerprint density at radius 1 is 1.40 bits per heavy atom. The Balaban J connectivity index is 2.23. The number of benzene rings is 1. The number of hydrogen-bond acceptors (Lipinski definition) is 2. The number of rotatable bonds is 4. The van der Waals surface area contributed by atoms with Crippen molar-refractivity contribution in [2.75, 3.05) is 6.54 Å². The average molecular weight is 201 g/mol. The Bertz CT molecular complexity index is 349. The van der Waals surface area contributed by atoms with Crippen LogP contribution in [0.3, 0.4) is 0 Å². The standard InChI is InChI=1S/C12H15N3/c1-11(15-10-13)14-9-5-8-12-6-3-2-4-7-12/h2-4,6-7H,5,8-9H2,1H3,(H,14,15). The second-order valence-electron chi connectivity index (χ2n) is 3.29. The van der Waals surface area contributed by atoms with Crippen molar-refractivity contribution in [2.24, 2.45) is 4.99 Å². The summed E-state index contributed by atoms with van der Waals surface area (Å²) in [6, 6.07) is 10.3. The van der Waals surface area contributed by atoms with E-state index in [1.807, 2.05) is 24.4 Å². The van der Waals surface area contributed by atoms with Gasteiger partial charge in [-0.05, 0) is 25.3 Å². The molecular formula is C12H15N3. The van der Waals surface area contributed by atoms with Gasteiger partial charge >= 0.3 is 0 Å². The summed E-state index contributed by atoms with van der Waals surface area (Å²) >= 11 is 0. The lowest BCUT2D eigenvalue weighted by molar-refractivity contribution is 0.829. The monoisotopic (exact) mass is 201 g/mol. The quantitative estimate of drug-likeness (QED) is 0.267. The van der Waals surface area contributed by atoms with Crippen LogP contribution in [0.15, 0.2) is 35.3 Å². The van der Waals surface area contributed by atoms with Crippen molar-refractivity contribution in [2.45, 2.75) is 19.8 Å². The van der Waals surface area contributed by atoms with Gasteiger partial charge in [0.1, 0.15) is 5.84 Å². The summed E-state index contributed by atoms with van der Waals surface area (Å²) in [4.78, 5) is 4.21. The first-order chi connectivity index (χ1) is 7.33. The van der Waals surface area contributed by atoms with Crippen LogP contribution in [0.4, 0.5) is 0 Å². The number of nitrogens with zero attached hydrogens (tertiary/aromatic N) is 2. The minimum atomic E-state index is 0.686. The van der Waals surface area contributed by atoms with Gasteiger partial charge in [-0.1, -0.05) is 30.3 Å². The highest BCUT2D eigenvalue weighted by molar-refractivity contribution is 5.80. The van der Waals surface area contributed by atoms with Crippen molar-refractivity contribution in [1.29, 1.82) is 5.26 Å². The Morgan fingerprint density at radius 3 is 2.80 bits per heavy atom. The van der Waals surface area contributed by atoms with Gasteiger partial charge in [0.05, 0.1) is 0 Å². The molecule has 0 saturated heterocycles. The number of aliphatic imine (C=N–C) groups is 1. The lowest BCUT2D eigenvalue weighted by Gasteiger charge is -1.99. The molecule has 0 aliphatic carbocycles. The number of aryl methyl sites for hydroxylation is 1. The highest BCUT2D eigenvalue weighted by atomic mass is 15.0. The van der Waals surface area contributed by atoms with Crippen molar-refractivity contribution in [3.8, 4) is 6.19 Å². The van der Waals surface area contributed by atoms with Crippen molar-refractivity contribution in [3.63, 3.8) is 0 Å². The summed E-state index contributed by atoms with van der Waals surface area (Å²) in [6.07, 6.45) is 3.89. The molecule has 3 nitrogen and oxygen atoms in total. The summed E-state index contributed by atoms with van der Waals surface area (Å²) in [5.41, 5.74) is 1.33. The van der Waals surface area contributed by atoms with Crippen LogP contribution in [0, 0.1) is 11.5 Å². The zero-order valence-electron chi connectivity index (χ0n) is 8.90. The van der Waals surface area contributed by atoms with Crippen LogP contribution in [0.1, 0.15) is 18.9 Å². The second-order valence-corrected chi connectivity index (χ2v) is 3.29. The molecule has 0 spiro atoms. The van der Waals surface area contributed by atoms with Crippen molar-refractivity contribution >= 4 is 5.84 Å². The predicted octanol–water partition coefficient (Wildman–Crippen LogP) is 2.11. The zero-order valence-corrected chi connectivity index (χ0v) is 8.90. The van der Waals surface area contributed by atoms with Crippen LogP contribution in [-0.4, -0.2) is 12.4 Å². The minimum Gasteiger partial charge on any atom is -0.281 e. The van der Waals surface area contributed by atoms with Gasteiger partial charge in [-0.25, -0.2) is 0 Å². The van der Waals surface area contributed by atoms with Gasteiger partial charge < -0.3 is 0 Å². The first kappa shape index (κ1) is 11.3. The largest absolute Gasteiger partial charge is 0.281 e. The lowest BCUT2D eigenvalue weighted by atomic mass is 10.1. The maximum Gasteiger partial charge on any atom is 0.182 e. The fourth-order valence-corrected chi connectivity index (χ4v) is 1.30. The Hall–Kier alpha value is -1.82. The van der Waals surface area contributed by atoms with Gasteiger partial charge in [-0.2, -0.15) is 5.26 Å². The molecule has 0 aliphatic heterocycles. The van der Waals surface area contributed by atoms with Crippen molar-refractivity contribution < 1.29 is 0 Å². The van der Waals surface area contributed by atoms with Crippen LogP contribution >= 0.6 is 0 Å². The van der Waals surface area contributed by atoms with E-state index in [4.69, 9.17) is 5.26 Å². The molecule has 1 N–H and O–H groups in total. The molecule has 1 rings (SSSR count). The van der Waals surface area contributed by atoms with Gasteiger partial charge in [-0.15, -0.1) is 0 Å². The molecule has 0 radical (unpaired) electrons. The van der Waals surface area contributed by atoms with Crippen LogP contribution in [0.5, 0.6) is 0 Å². The summed E-state index contributed by atoms with van der Waals surface area (Å²) in [7, 11) is 0. The summed E-state index contributed by atoms with van der Waals surface area (Å²) in [6.45, 7) is 2.56.